The number of aromatic hydroxyl groups is 1. The first-order valence-electron chi connectivity index (χ1n) is 15.2. The summed E-state index contributed by atoms with van der Waals surface area (Å²) in [7, 11) is 0. The molecule has 2 saturated heterocycles. The van der Waals surface area contributed by atoms with Crippen LogP contribution in [-0.4, -0.2) is 28.7 Å². The molecule has 46 heavy (non-hydrogen) atoms. The molecule has 0 aromatic heterocycles. The highest BCUT2D eigenvalue weighted by atomic mass is 35.5. The molecule has 7 rings (SSSR count). The van der Waals surface area contributed by atoms with Gasteiger partial charge >= 0.3 is 0 Å². The van der Waals surface area contributed by atoms with Crippen molar-refractivity contribution in [3.8, 4) is 5.75 Å². The van der Waals surface area contributed by atoms with E-state index in [4.69, 9.17) is 23.2 Å². The van der Waals surface area contributed by atoms with Gasteiger partial charge in [0.05, 0.1) is 39.6 Å². The molecule has 2 aliphatic heterocycles. The number of imide groups is 2. The molecule has 236 valence electrons. The Bertz CT molecular complexity index is 1920. The quantitative estimate of drug-likeness (QED) is 0.237. The Morgan fingerprint density at radius 3 is 2.09 bits per heavy atom. The number of benzene rings is 3. The van der Waals surface area contributed by atoms with Crippen LogP contribution in [0.3, 0.4) is 0 Å². The Kier molecular flexibility index (Phi) is 7.00. The monoisotopic (exact) mass is 660 g/mol. The van der Waals surface area contributed by atoms with Crippen LogP contribution in [0.5, 0.6) is 5.75 Å². The number of rotatable bonds is 3. The Labute approximate surface area is 275 Å². The van der Waals surface area contributed by atoms with Gasteiger partial charge in [-0.15, -0.1) is 0 Å². The zero-order valence-electron chi connectivity index (χ0n) is 25.6. The van der Waals surface area contributed by atoms with Gasteiger partial charge in [0, 0.05) is 10.9 Å². The molecule has 1 saturated carbocycles. The van der Waals surface area contributed by atoms with Crippen LogP contribution in [-0.2, 0) is 19.2 Å². The van der Waals surface area contributed by atoms with Crippen LogP contribution < -0.4 is 9.80 Å². The molecule has 1 N–H and O–H groups in total. The highest BCUT2D eigenvalue weighted by molar-refractivity contribution is 6.32. The van der Waals surface area contributed by atoms with Gasteiger partial charge in [-0.1, -0.05) is 53.1 Å². The number of halogens is 3. The molecule has 0 spiro atoms. The lowest BCUT2D eigenvalue weighted by Crippen LogP contribution is -2.49. The minimum absolute atomic E-state index is 0.135. The third-order valence-corrected chi connectivity index (χ3v) is 11.4. The number of phenolic OH excluding ortho intramolecular Hbond substituents is 1. The molecule has 2 aliphatic carbocycles. The highest BCUT2D eigenvalue weighted by Gasteiger charge is 2.67. The smallest absolute Gasteiger partial charge is 0.241 e. The largest absolute Gasteiger partial charge is 0.507 e. The van der Waals surface area contributed by atoms with Crippen LogP contribution in [0.1, 0.15) is 47.9 Å². The van der Waals surface area contributed by atoms with E-state index in [9.17, 15) is 28.7 Å². The second-order valence-corrected chi connectivity index (χ2v) is 14.0. The molecule has 6 atom stereocenters. The number of anilines is 2. The number of phenols is 1. The van der Waals surface area contributed by atoms with E-state index < -0.39 is 52.6 Å². The molecule has 6 unspecified atom stereocenters. The van der Waals surface area contributed by atoms with Gasteiger partial charge in [0.1, 0.15) is 11.6 Å². The van der Waals surface area contributed by atoms with Crippen LogP contribution in [0.2, 0.25) is 10.0 Å². The highest BCUT2D eigenvalue weighted by Crippen LogP contribution is 2.64. The predicted molar refractivity (Wildman–Crippen MR) is 172 cm³/mol. The molecule has 4 aliphatic rings. The first kappa shape index (κ1) is 30.6. The van der Waals surface area contributed by atoms with E-state index in [-0.39, 0.29) is 34.7 Å². The maximum Gasteiger partial charge on any atom is 0.241 e. The van der Waals surface area contributed by atoms with Crippen molar-refractivity contribution in [1.29, 1.82) is 0 Å². The number of hydrogen-bond acceptors (Lipinski definition) is 5. The second-order valence-electron chi connectivity index (χ2n) is 13.2. The number of nitrogens with zero attached hydrogens (tertiary/aromatic N) is 2. The zero-order valence-corrected chi connectivity index (χ0v) is 27.1. The second kappa shape index (κ2) is 10.5. The lowest BCUT2D eigenvalue weighted by Gasteiger charge is -2.49. The number of carbonyl (C=O) groups excluding carboxylic acids is 4. The maximum atomic E-state index is 14.6. The van der Waals surface area contributed by atoms with Crippen LogP contribution in [0, 0.1) is 55.7 Å². The average molecular weight is 662 g/mol. The maximum absolute atomic E-state index is 14.6. The molecular weight excluding hydrogens is 630 g/mol. The first-order valence-corrected chi connectivity index (χ1v) is 16.0. The van der Waals surface area contributed by atoms with E-state index in [1.807, 2.05) is 25.1 Å². The molecule has 0 bridgehead atoms. The summed E-state index contributed by atoms with van der Waals surface area (Å²) in [6.07, 6.45) is 2.44. The predicted octanol–water partition coefficient (Wildman–Crippen LogP) is 7.20. The summed E-state index contributed by atoms with van der Waals surface area (Å²) in [6, 6.07) is 12.5. The third-order valence-electron chi connectivity index (χ3n) is 10.7. The average Bonchev–Trinajstić information content (AvgIpc) is 3.38. The summed E-state index contributed by atoms with van der Waals surface area (Å²) < 4.78 is 14.1. The summed E-state index contributed by atoms with van der Waals surface area (Å²) in [4.78, 5) is 59.3. The van der Waals surface area contributed by atoms with E-state index >= 15 is 0 Å². The van der Waals surface area contributed by atoms with E-state index in [1.54, 1.807) is 39.0 Å². The topological polar surface area (TPSA) is 95.0 Å². The lowest BCUT2D eigenvalue weighted by molar-refractivity contribution is -0.131. The van der Waals surface area contributed by atoms with Gasteiger partial charge in [-0.25, -0.2) is 14.2 Å². The summed E-state index contributed by atoms with van der Waals surface area (Å²) in [5.74, 6) is -5.50. The standard InChI is InChI=1S/C36H31Cl2FN2O5/c1-16-5-6-20(13-26(16)37)40-32(43)23-9-8-22-24(29(23)34(40)45)15-25-33(44)41(21-7-10-28(39)27(38)14-21)35(46)36(25,4)30(22)19-11-17(2)31(42)18(3)12-19/h5-8,10-14,23-25,29-30,42H,9,15H2,1-4H3. The van der Waals surface area contributed by atoms with Gasteiger partial charge in [0.15, 0.2) is 0 Å². The van der Waals surface area contributed by atoms with Gasteiger partial charge in [0.2, 0.25) is 23.6 Å². The summed E-state index contributed by atoms with van der Waals surface area (Å²) in [6.45, 7) is 7.16. The summed E-state index contributed by atoms with van der Waals surface area (Å²) in [5, 5.41) is 10.8. The van der Waals surface area contributed by atoms with Crippen molar-refractivity contribution in [2.45, 2.75) is 46.5 Å². The summed E-state index contributed by atoms with van der Waals surface area (Å²) >= 11 is 12.5. The molecular formula is C36H31Cl2FN2O5. The van der Waals surface area contributed by atoms with Crippen LogP contribution >= 0.6 is 23.2 Å². The van der Waals surface area contributed by atoms with Gasteiger partial charge in [-0.3, -0.25) is 19.2 Å². The molecule has 7 nitrogen and oxygen atoms in total. The fourth-order valence-corrected chi connectivity index (χ4v) is 8.75. The molecule has 3 aromatic rings. The fourth-order valence-electron chi connectivity index (χ4n) is 8.40. The van der Waals surface area contributed by atoms with Crippen LogP contribution in [0.25, 0.3) is 0 Å². The van der Waals surface area contributed by atoms with Crippen molar-refractivity contribution >= 4 is 58.2 Å². The number of hydrogen-bond donors (Lipinski definition) is 1. The van der Waals surface area contributed by atoms with Crippen molar-refractivity contribution in [1.82, 2.24) is 0 Å². The van der Waals surface area contributed by atoms with E-state index in [0.717, 1.165) is 27.7 Å². The van der Waals surface area contributed by atoms with E-state index in [2.05, 4.69) is 0 Å². The molecule has 2 heterocycles. The number of fused-ring (bicyclic) bond motifs is 4. The van der Waals surface area contributed by atoms with Gasteiger partial charge in [-0.2, -0.15) is 0 Å². The van der Waals surface area contributed by atoms with Crippen molar-refractivity contribution in [2.75, 3.05) is 9.80 Å². The first-order chi connectivity index (χ1) is 21.7. The van der Waals surface area contributed by atoms with Crippen molar-refractivity contribution < 1.29 is 28.7 Å². The minimum atomic E-state index is -1.28. The molecule has 10 heteroatoms. The normalized spacial score (nSPS) is 28.8. The number of aryl methyl sites for hydroxylation is 3. The molecule has 4 amide bonds. The van der Waals surface area contributed by atoms with Crippen molar-refractivity contribution in [3.05, 3.63) is 98.3 Å². The zero-order chi connectivity index (χ0) is 33.0. The number of amides is 4. The Balaban J connectivity index is 1.38. The number of allylic oxidation sites excluding steroid dienone is 2. The third kappa shape index (κ3) is 4.15. The van der Waals surface area contributed by atoms with E-state index in [0.29, 0.717) is 28.3 Å². The van der Waals surface area contributed by atoms with Crippen molar-refractivity contribution in [3.63, 3.8) is 0 Å². The Hall–Kier alpha value is -4.01. The Morgan fingerprint density at radius 1 is 0.804 bits per heavy atom. The fraction of sp³-hybridized carbons (Fsp3) is 0.333. The van der Waals surface area contributed by atoms with Crippen molar-refractivity contribution in [2.24, 2.45) is 29.1 Å². The number of carbonyl (C=O) groups is 4. The lowest BCUT2D eigenvalue weighted by atomic mass is 9.51. The molecule has 3 aromatic carbocycles. The van der Waals surface area contributed by atoms with Gasteiger partial charge in [0.25, 0.3) is 0 Å². The minimum Gasteiger partial charge on any atom is -0.507 e. The van der Waals surface area contributed by atoms with Crippen LogP contribution in [0.15, 0.2) is 60.2 Å². The van der Waals surface area contributed by atoms with Crippen LogP contribution in [0.4, 0.5) is 15.8 Å². The molecule has 0 radical (unpaired) electrons. The molecule has 3 fully saturated rings. The van der Waals surface area contributed by atoms with Gasteiger partial charge < -0.3 is 5.11 Å². The Morgan fingerprint density at radius 2 is 1.43 bits per heavy atom. The van der Waals surface area contributed by atoms with Gasteiger partial charge in [-0.05, 0) is 99.0 Å². The SMILES string of the molecule is Cc1ccc(N2C(=O)C3CC=C4C(CC5C(=O)N(c6ccc(F)c(Cl)c6)C(=O)C5(C)C4c4cc(C)c(O)c(C)c4)C3C2=O)cc1Cl. The summed E-state index contributed by atoms with van der Waals surface area (Å²) in [5.41, 5.74) is 2.88. The van der Waals surface area contributed by atoms with E-state index in [1.165, 1.54) is 17.0 Å².